The van der Waals surface area contributed by atoms with Gasteiger partial charge in [-0.25, -0.2) is 4.79 Å². The number of halogens is 2. The van der Waals surface area contributed by atoms with Crippen LogP contribution in [-0.2, 0) is 24.4 Å². The van der Waals surface area contributed by atoms with Crippen LogP contribution in [0.25, 0.3) is 0 Å². The van der Waals surface area contributed by atoms with Crippen molar-refractivity contribution in [1.29, 1.82) is 0 Å². The van der Waals surface area contributed by atoms with Crippen molar-refractivity contribution in [3.63, 3.8) is 0 Å². The Bertz CT molecular complexity index is 297. The predicted octanol–water partition coefficient (Wildman–Crippen LogP) is -0.343. The van der Waals surface area contributed by atoms with E-state index in [9.17, 15) is 22.0 Å². The molecule has 0 amide bonds. The molecule has 0 unspecified atom stereocenters. The van der Waals surface area contributed by atoms with E-state index in [-0.39, 0.29) is 6.61 Å². The lowest BCUT2D eigenvalue weighted by atomic mass is 10.7. The average Bonchev–Trinajstić information content (AvgIpc) is 2.02. The first-order valence-corrected chi connectivity index (χ1v) is 4.68. The molecular formula is C5H8F2O6S. The number of methoxy groups -OCH3 is 1. The molecule has 0 radical (unpaired) electrons. The van der Waals surface area contributed by atoms with Gasteiger partial charge in [0.25, 0.3) is 0 Å². The fraction of sp³-hybridized carbons (Fsp3) is 0.800. The van der Waals surface area contributed by atoms with Crippen molar-refractivity contribution >= 4 is 16.1 Å². The smallest absolute Gasteiger partial charge is 0.458 e. The Morgan fingerprint density at radius 2 is 1.93 bits per heavy atom. The number of hydrogen-bond acceptors (Lipinski definition) is 5. The normalized spacial score (nSPS) is 12.6. The summed E-state index contributed by atoms with van der Waals surface area (Å²) in [6.07, 6.45) is 0. The molecular weight excluding hydrogens is 226 g/mol. The first-order chi connectivity index (χ1) is 6.23. The molecule has 14 heavy (non-hydrogen) atoms. The van der Waals surface area contributed by atoms with Gasteiger partial charge in [-0.15, -0.1) is 0 Å². The number of ether oxygens (including phenoxy) is 2. The fourth-order valence-corrected chi connectivity index (χ4v) is 0.677. The minimum Gasteiger partial charge on any atom is -0.458 e. The van der Waals surface area contributed by atoms with Crippen LogP contribution >= 0.6 is 0 Å². The third-order valence-corrected chi connectivity index (χ3v) is 1.90. The van der Waals surface area contributed by atoms with E-state index < -0.39 is 27.9 Å². The number of carbonyl (C=O) groups excluding carboxylic acids is 1. The zero-order chi connectivity index (χ0) is 11.4. The van der Waals surface area contributed by atoms with Crippen LogP contribution in [0.15, 0.2) is 0 Å². The van der Waals surface area contributed by atoms with Gasteiger partial charge in [-0.1, -0.05) is 0 Å². The van der Waals surface area contributed by atoms with E-state index in [1.807, 2.05) is 0 Å². The maximum absolute atomic E-state index is 12.4. The van der Waals surface area contributed by atoms with Crippen LogP contribution in [0.1, 0.15) is 0 Å². The van der Waals surface area contributed by atoms with Crippen molar-refractivity contribution in [1.82, 2.24) is 0 Å². The first kappa shape index (κ1) is 13.2. The molecule has 9 heteroatoms. The Kier molecular flexibility index (Phi) is 4.36. The summed E-state index contributed by atoms with van der Waals surface area (Å²) >= 11 is 0. The van der Waals surface area contributed by atoms with E-state index in [0.717, 1.165) is 0 Å². The molecule has 0 atom stereocenters. The van der Waals surface area contributed by atoms with Gasteiger partial charge in [0.05, 0.1) is 6.61 Å². The molecule has 0 aliphatic rings. The highest BCUT2D eigenvalue weighted by atomic mass is 32.2. The lowest BCUT2D eigenvalue weighted by Crippen LogP contribution is -2.39. The number of alkyl halides is 2. The molecule has 0 aromatic carbocycles. The molecule has 84 valence electrons. The molecule has 0 rings (SSSR count). The number of carbonyl (C=O) groups is 1. The summed E-state index contributed by atoms with van der Waals surface area (Å²) in [5.74, 6) is -2.34. The van der Waals surface area contributed by atoms with E-state index in [1.165, 1.54) is 7.11 Å². The Balaban J connectivity index is 4.39. The second-order valence-electron chi connectivity index (χ2n) is 2.12. The van der Waals surface area contributed by atoms with Crippen molar-refractivity contribution in [3.05, 3.63) is 0 Å². The SMILES string of the molecule is COCCOC(=O)C(F)(F)S(=O)(=O)O. The van der Waals surface area contributed by atoms with E-state index in [1.54, 1.807) is 0 Å². The zero-order valence-corrected chi connectivity index (χ0v) is 7.88. The monoisotopic (exact) mass is 234 g/mol. The van der Waals surface area contributed by atoms with Crippen molar-refractivity contribution in [3.8, 4) is 0 Å². The number of esters is 1. The van der Waals surface area contributed by atoms with Gasteiger partial charge in [0.2, 0.25) is 0 Å². The molecule has 0 aliphatic heterocycles. The van der Waals surface area contributed by atoms with Crippen molar-refractivity contribution < 1.29 is 36.0 Å². The summed E-state index contributed by atoms with van der Waals surface area (Å²) in [6.45, 7) is -0.687. The first-order valence-electron chi connectivity index (χ1n) is 3.24. The second kappa shape index (κ2) is 4.62. The van der Waals surface area contributed by atoms with E-state index in [2.05, 4.69) is 9.47 Å². The van der Waals surface area contributed by atoms with E-state index in [4.69, 9.17) is 4.55 Å². The van der Waals surface area contributed by atoms with Crippen LogP contribution in [0.4, 0.5) is 8.78 Å². The molecule has 1 N–H and O–H groups in total. The fourth-order valence-electron chi connectivity index (χ4n) is 0.407. The Morgan fingerprint density at radius 3 is 2.29 bits per heavy atom. The molecule has 0 fully saturated rings. The zero-order valence-electron chi connectivity index (χ0n) is 7.07. The second-order valence-corrected chi connectivity index (χ2v) is 3.58. The third kappa shape index (κ3) is 3.16. The van der Waals surface area contributed by atoms with Gasteiger partial charge in [-0.05, 0) is 0 Å². The minimum absolute atomic E-state index is 0.159. The molecule has 0 spiro atoms. The van der Waals surface area contributed by atoms with Crippen LogP contribution in [0.3, 0.4) is 0 Å². The molecule has 0 aromatic rings. The van der Waals surface area contributed by atoms with Gasteiger partial charge in [0.15, 0.2) is 0 Å². The Morgan fingerprint density at radius 1 is 1.43 bits per heavy atom. The van der Waals surface area contributed by atoms with Gasteiger partial charge in [0.1, 0.15) is 6.61 Å². The summed E-state index contributed by atoms with van der Waals surface area (Å²) in [5, 5.41) is -4.94. The Labute approximate surface area is 78.5 Å². The van der Waals surface area contributed by atoms with Gasteiger partial charge in [-0.3, -0.25) is 4.55 Å². The standard InChI is InChI=1S/C5H8F2O6S/c1-12-2-3-13-4(8)5(6,7)14(9,10)11/h2-3H2,1H3,(H,9,10,11). The van der Waals surface area contributed by atoms with Gasteiger partial charge in [-0.2, -0.15) is 17.2 Å². The minimum atomic E-state index is -5.79. The summed E-state index contributed by atoms with van der Waals surface area (Å²) < 4.78 is 60.9. The maximum Gasteiger partial charge on any atom is 0.465 e. The van der Waals surface area contributed by atoms with E-state index >= 15 is 0 Å². The molecule has 0 heterocycles. The van der Waals surface area contributed by atoms with Gasteiger partial charge < -0.3 is 9.47 Å². The summed E-state index contributed by atoms with van der Waals surface area (Å²) in [5.41, 5.74) is 0. The van der Waals surface area contributed by atoms with Crippen LogP contribution < -0.4 is 0 Å². The van der Waals surface area contributed by atoms with Crippen LogP contribution in [0.2, 0.25) is 0 Å². The van der Waals surface area contributed by atoms with Crippen molar-refractivity contribution in [2.45, 2.75) is 5.25 Å². The molecule has 0 saturated heterocycles. The molecule has 0 aliphatic carbocycles. The third-order valence-electron chi connectivity index (χ3n) is 1.08. The average molecular weight is 234 g/mol. The Hall–Kier alpha value is -0.800. The van der Waals surface area contributed by atoms with Crippen molar-refractivity contribution in [2.24, 2.45) is 0 Å². The molecule has 0 aromatic heterocycles. The number of rotatable bonds is 5. The molecule has 6 nitrogen and oxygen atoms in total. The highest BCUT2D eigenvalue weighted by Gasteiger charge is 2.54. The van der Waals surface area contributed by atoms with Crippen LogP contribution in [0.5, 0.6) is 0 Å². The highest BCUT2D eigenvalue weighted by Crippen LogP contribution is 2.21. The number of hydrogen-bond donors (Lipinski definition) is 1. The van der Waals surface area contributed by atoms with Gasteiger partial charge >= 0.3 is 21.3 Å². The predicted molar refractivity (Wildman–Crippen MR) is 39.3 cm³/mol. The summed E-state index contributed by atoms with van der Waals surface area (Å²) in [6, 6.07) is 0. The highest BCUT2D eigenvalue weighted by molar-refractivity contribution is 7.87. The molecule has 0 bridgehead atoms. The van der Waals surface area contributed by atoms with Crippen LogP contribution in [0, 0.1) is 0 Å². The largest absolute Gasteiger partial charge is 0.465 e. The maximum atomic E-state index is 12.4. The summed E-state index contributed by atoms with van der Waals surface area (Å²) in [7, 11) is -4.56. The van der Waals surface area contributed by atoms with E-state index in [0.29, 0.717) is 0 Å². The summed E-state index contributed by atoms with van der Waals surface area (Å²) in [4.78, 5) is 10.4. The molecule has 0 saturated carbocycles. The van der Waals surface area contributed by atoms with Crippen LogP contribution in [-0.4, -0.2) is 44.5 Å². The van der Waals surface area contributed by atoms with Gasteiger partial charge in [0, 0.05) is 7.11 Å². The van der Waals surface area contributed by atoms with Crippen molar-refractivity contribution in [2.75, 3.05) is 20.3 Å². The lowest BCUT2D eigenvalue weighted by molar-refractivity contribution is -0.162. The topological polar surface area (TPSA) is 89.9 Å². The quantitative estimate of drug-likeness (QED) is 0.397. The lowest BCUT2D eigenvalue weighted by Gasteiger charge is -2.11.